The Kier molecular flexibility index (Phi) is 6.95. The Morgan fingerprint density at radius 3 is 2.38 bits per heavy atom. The molecule has 0 N–H and O–H groups in total. The molecule has 0 radical (unpaired) electrons. The van der Waals surface area contributed by atoms with Crippen LogP contribution in [0.2, 0.25) is 0 Å². The van der Waals surface area contributed by atoms with Crippen LogP contribution >= 0.6 is 0 Å². The van der Waals surface area contributed by atoms with Gasteiger partial charge in [-0.05, 0) is 58.2 Å². The molecule has 0 spiro atoms. The van der Waals surface area contributed by atoms with Crippen LogP contribution < -0.4 is 4.74 Å². The van der Waals surface area contributed by atoms with Crippen LogP contribution in [-0.4, -0.2) is 27.6 Å². The van der Waals surface area contributed by atoms with Crippen molar-refractivity contribution in [3.8, 4) is 5.88 Å². The second-order valence-electron chi connectivity index (χ2n) is 7.39. The topological polar surface area (TPSA) is 87.3 Å². The first kappa shape index (κ1) is 22.3. The molecular weight excluding hydrogens is 370 g/mol. The predicted octanol–water partition coefficient (Wildman–Crippen LogP) is 5.26. The molecule has 7 nitrogen and oxygen atoms in total. The fourth-order valence-corrected chi connectivity index (χ4v) is 3.44. The summed E-state index contributed by atoms with van der Waals surface area (Å²) < 4.78 is 7.23. The van der Waals surface area contributed by atoms with Gasteiger partial charge in [-0.25, -0.2) is 4.68 Å². The van der Waals surface area contributed by atoms with Crippen molar-refractivity contribution in [1.82, 2.24) is 9.78 Å². The third-order valence-electron chi connectivity index (χ3n) is 5.23. The zero-order valence-corrected chi connectivity index (χ0v) is 18.3. The van der Waals surface area contributed by atoms with Crippen LogP contribution in [0.3, 0.4) is 0 Å². The monoisotopic (exact) mass is 399 g/mol. The van der Waals surface area contributed by atoms with Gasteiger partial charge in [0.2, 0.25) is 11.7 Å². The lowest BCUT2D eigenvalue weighted by Gasteiger charge is -2.14. The number of nitro benzene ring substituents is 1. The number of benzene rings is 1. The smallest absolute Gasteiger partial charge is 0.277 e. The van der Waals surface area contributed by atoms with Gasteiger partial charge in [-0.1, -0.05) is 18.9 Å². The number of nitrogens with zero attached hydrogens (tertiary/aromatic N) is 3. The van der Waals surface area contributed by atoms with Gasteiger partial charge in [-0.15, -0.1) is 0 Å². The van der Waals surface area contributed by atoms with Crippen molar-refractivity contribution < 1.29 is 14.5 Å². The molecule has 0 aliphatic heterocycles. The molecule has 0 aliphatic carbocycles. The van der Waals surface area contributed by atoms with E-state index in [1.807, 2.05) is 20.8 Å². The number of unbranched alkanes of at least 4 members (excludes halogenated alkanes) is 1. The molecular formula is C22H29N3O4. The number of allylic oxidation sites excluding steroid dienone is 2. The molecule has 0 fully saturated rings. The number of hydrogen-bond acceptors (Lipinski definition) is 5. The fourth-order valence-electron chi connectivity index (χ4n) is 3.44. The minimum absolute atomic E-state index is 0.0000721. The lowest BCUT2D eigenvalue weighted by atomic mass is 9.90. The molecule has 1 heterocycles. The fraction of sp³-hybridized carbons (Fsp3) is 0.455. The first-order chi connectivity index (χ1) is 13.6. The van der Waals surface area contributed by atoms with Crippen molar-refractivity contribution in [2.45, 2.75) is 60.9 Å². The molecule has 0 unspecified atom stereocenters. The van der Waals surface area contributed by atoms with Gasteiger partial charge in [0.15, 0.2) is 0 Å². The van der Waals surface area contributed by atoms with E-state index in [1.165, 1.54) is 19.2 Å². The molecule has 0 aliphatic rings. The standard InChI is InChI=1S/C22H29N3O4/c1-8-9-12-24-22(29-7)20(16(6)23-24)21(26)17-10-11-18(25(27)28)19(15(17)5)14(4)13(2)3/h10-11H,8-9,12H2,1-7H3. The van der Waals surface area contributed by atoms with E-state index in [0.717, 1.165) is 24.0 Å². The third kappa shape index (κ3) is 4.23. The largest absolute Gasteiger partial charge is 0.481 e. The highest BCUT2D eigenvalue weighted by Crippen LogP contribution is 2.35. The number of nitro groups is 1. The summed E-state index contributed by atoms with van der Waals surface area (Å²) in [5, 5.41) is 16.1. The second-order valence-corrected chi connectivity index (χ2v) is 7.39. The number of hydrogen-bond donors (Lipinski definition) is 0. The maximum absolute atomic E-state index is 13.5. The summed E-state index contributed by atoms with van der Waals surface area (Å²) in [5.41, 5.74) is 4.25. The van der Waals surface area contributed by atoms with Gasteiger partial charge in [-0.3, -0.25) is 14.9 Å². The van der Waals surface area contributed by atoms with Gasteiger partial charge in [0, 0.05) is 18.2 Å². The number of methoxy groups -OCH3 is 1. The molecule has 156 valence electrons. The van der Waals surface area contributed by atoms with Gasteiger partial charge in [-0.2, -0.15) is 5.10 Å². The van der Waals surface area contributed by atoms with Crippen LogP contribution in [-0.2, 0) is 6.54 Å². The minimum atomic E-state index is -0.405. The van der Waals surface area contributed by atoms with Gasteiger partial charge in [0.25, 0.3) is 5.69 Å². The van der Waals surface area contributed by atoms with Crippen molar-refractivity contribution in [3.63, 3.8) is 0 Å². The summed E-state index contributed by atoms with van der Waals surface area (Å²) in [6, 6.07) is 2.94. The van der Waals surface area contributed by atoms with E-state index in [4.69, 9.17) is 4.74 Å². The second kappa shape index (κ2) is 9.03. The molecule has 0 saturated carbocycles. The summed E-state index contributed by atoms with van der Waals surface area (Å²) >= 11 is 0. The number of carbonyl (C=O) groups excluding carboxylic acids is 1. The molecule has 1 aromatic carbocycles. The molecule has 0 bridgehead atoms. The summed E-state index contributed by atoms with van der Waals surface area (Å²) in [5.74, 6) is 0.191. The van der Waals surface area contributed by atoms with Crippen LogP contribution in [0.25, 0.3) is 5.57 Å². The van der Waals surface area contributed by atoms with Crippen LogP contribution in [0.1, 0.15) is 73.3 Å². The van der Waals surface area contributed by atoms with Crippen LogP contribution in [0.4, 0.5) is 5.69 Å². The maximum Gasteiger partial charge on any atom is 0.277 e. The van der Waals surface area contributed by atoms with E-state index < -0.39 is 4.92 Å². The highest BCUT2D eigenvalue weighted by molar-refractivity contribution is 6.12. The lowest BCUT2D eigenvalue weighted by Crippen LogP contribution is -2.10. The van der Waals surface area contributed by atoms with E-state index in [1.54, 1.807) is 18.5 Å². The Morgan fingerprint density at radius 1 is 1.21 bits per heavy atom. The van der Waals surface area contributed by atoms with Gasteiger partial charge >= 0.3 is 0 Å². The highest BCUT2D eigenvalue weighted by Gasteiger charge is 2.28. The van der Waals surface area contributed by atoms with Crippen molar-refractivity contribution in [2.75, 3.05) is 7.11 Å². The SMILES string of the molecule is CCCCn1nc(C)c(C(=O)c2ccc([N+](=O)[O-])c(C(C)=C(C)C)c2C)c1OC. The summed E-state index contributed by atoms with van der Waals surface area (Å²) in [6.45, 7) is 11.9. The van der Waals surface area contributed by atoms with E-state index >= 15 is 0 Å². The zero-order chi connectivity index (χ0) is 21.9. The van der Waals surface area contributed by atoms with E-state index in [0.29, 0.717) is 40.4 Å². The minimum Gasteiger partial charge on any atom is -0.481 e. The first-order valence-corrected chi connectivity index (χ1v) is 9.74. The van der Waals surface area contributed by atoms with Crippen LogP contribution in [0.5, 0.6) is 5.88 Å². The average Bonchev–Trinajstić information content (AvgIpc) is 2.99. The Bertz CT molecular complexity index is 982. The number of carbonyl (C=O) groups is 1. The Morgan fingerprint density at radius 2 is 1.86 bits per heavy atom. The van der Waals surface area contributed by atoms with Crippen molar-refractivity contribution >= 4 is 17.0 Å². The Hall–Kier alpha value is -2.96. The highest BCUT2D eigenvalue weighted by atomic mass is 16.6. The molecule has 0 atom stereocenters. The van der Waals surface area contributed by atoms with Crippen molar-refractivity contribution in [2.24, 2.45) is 0 Å². The number of ketones is 1. The number of ether oxygens (including phenoxy) is 1. The molecule has 2 rings (SSSR count). The normalized spacial score (nSPS) is 10.7. The maximum atomic E-state index is 13.5. The number of aromatic nitrogens is 2. The van der Waals surface area contributed by atoms with E-state index in [9.17, 15) is 14.9 Å². The summed E-state index contributed by atoms with van der Waals surface area (Å²) in [6.07, 6.45) is 1.92. The van der Waals surface area contributed by atoms with Gasteiger partial charge < -0.3 is 4.74 Å². The third-order valence-corrected chi connectivity index (χ3v) is 5.23. The Labute approximate surface area is 171 Å². The molecule has 1 aromatic heterocycles. The molecule has 0 amide bonds. The van der Waals surface area contributed by atoms with Gasteiger partial charge in [0.05, 0.1) is 23.3 Å². The van der Waals surface area contributed by atoms with Crippen molar-refractivity contribution in [3.05, 3.63) is 55.8 Å². The Balaban J connectivity index is 2.69. The number of rotatable bonds is 8. The number of aryl methyl sites for hydroxylation is 2. The van der Waals surface area contributed by atoms with Crippen LogP contribution in [0.15, 0.2) is 17.7 Å². The predicted molar refractivity (Wildman–Crippen MR) is 114 cm³/mol. The lowest BCUT2D eigenvalue weighted by molar-refractivity contribution is -0.385. The zero-order valence-electron chi connectivity index (χ0n) is 18.3. The molecule has 7 heteroatoms. The van der Waals surface area contributed by atoms with Crippen molar-refractivity contribution in [1.29, 1.82) is 0 Å². The molecule has 29 heavy (non-hydrogen) atoms. The van der Waals surface area contributed by atoms with E-state index in [2.05, 4.69) is 12.0 Å². The quantitative estimate of drug-likeness (QED) is 0.343. The molecule has 0 saturated heterocycles. The average molecular weight is 399 g/mol. The van der Waals surface area contributed by atoms with Crippen LogP contribution in [0, 0.1) is 24.0 Å². The first-order valence-electron chi connectivity index (χ1n) is 9.74. The summed E-state index contributed by atoms with van der Waals surface area (Å²) in [7, 11) is 1.52. The summed E-state index contributed by atoms with van der Waals surface area (Å²) in [4.78, 5) is 24.6. The van der Waals surface area contributed by atoms with E-state index in [-0.39, 0.29) is 11.5 Å². The molecule has 2 aromatic rings. The van der Waals surface area contributed by atoms with Gasteiger partial charge in [0.1, 0.15) is 5.56 Å².